The fourth-order valence-electron chi connectivity index (χ4n) is 6.85. The highest BCUT2D eigenvalue weighted by Crippen LogP contribution is 2.47. The second-order valence-corrected chi connectivity index (χ2v) is 10.6. The zero-order valence-electron chi connectivity index (χ0n) is 22.8. The maximum absolute atomic E-state index is 13.7. The Bertz CT molecular complexity index is 1400. The number of carbonyl (C=O) groups is 6. The molecule has 0 aromatic rings. The molecule has 1 fully saturated rings. The van der Waals surface area contributed by atoms with Gasteiger partial charge in [-0.25, -0.2) is 0 Å². The van der Waals surface area contributed by atoms with Crippen LogP contribution in [-0.4, -0.2) is 103 Å². The zero-order valence-corrected chi connectivity index (χ0v) is 22.8. The summed E-state index contributed by atoms with van der Waals surface area (Å²) in [5, 5.41) is 2.61. The Morgan fingerprint density at radius 1 is 0.872 bits per heavy atom. The summed E-state index contributed by atoms with van der Waals surface area (Å²) >= 11 is 0. The Morgan fingerprint density at radius 2 is 1.41 bits per heavy atom. The van der Waals surface area contributed by atoms with Gasteiger partial charge in [0.1, 0.15) is 0 Å². The highest BCUT2D eigenvalue weighted by molar-refractivity contribution is 6.35. The molecular weight excluding hydrogens is 506 g/mol. The Kier molecular flexibility index (Phi) is 6.54. The van der Waals surface area contributed by atoms with Crippen LogP contribution in [0.25, 0.3) is 0 Å². The molecule has 0 saturated carbocycles. The topological polar surface area (TPSA) is 139 Å². The molecule has 206 valence electrons. The zero-order chi connectivity index (χ0) is 28.5. The van der Waals surface area contributed by atoms with Crippen LogP contribution in [0.15, 0.2) is 45.0 Å². The standard InChI is InChI=1S/C28H31N3O8/c1-11-22(33)15-7-14-10-31-17(21(30(14)4)20(15)25(36)27(11)39-6)8-16-19(18(31)9-29-28(37)13(3)32)24(35)26(38-5)12(2)23(16)34/h14,17-18,21H,7-10H2,1-6H3,(H,29,37). The van der Waals surface area contributed by atoms with Gasteiger partial charge >= 0.3 is 0 Å². The van der Waals surface area contributed by atoms with Crippen molar-refractivity contribution in [3.8, 4) is 0 Å². The van der Waals surface area contributed by atoms with E-state index in [2.05, 4.69) is 10.2 Å². The average Bonchev–Trinajstić information content (AvgIpc) is 2.89. The van der Waals surface area contributed by atoms with E-state index in [4.69, 9.17) is 9.47 Å². The van der Waals surface area contributed by atoms with Crippen molar-refractivity contribution in [2.45, 2.75) is 57.8 Å². The molecule has 2 bridgehead atoms. The van der Waals surface area contributed by atoms with Crippen molar-refractivity contribution in [2.75, 3.05) is 34.4 Å². The summed E-state index contributed by atoms with van der Waals surface area (Å²) < 4.78 is 10.6. The van der Waals surface area contributed by atoms with E-state index in [0.29, 0.717) is 29.7 Å². The first-order valence-corrected chi connectivity index (χ1v) is 12.9. The summed E-state index contributed by atoms with van der Waals surface area (Å²) in [4.78, 5) is 82.2. The number of likely N-dealkylation sites (N-methyl/N-ethyl adjacent to an activating group) is 1. The number of methoxy groups -OCH3 is 2. The molecule has 2 aliphatic carbocycles. The predicted molar refractivity (Wildman–Crippen MR) is 136 cm³/mol. The van der Waals surface area contributed by atoms with Gasteiger partial charge < -0.3 is 14.8 Å². The number of ether oxygens (including phenoxy) is 2. The summed E-state index contributed by atoms with van der Waals surface area (Å²) in [7, 11) is 4.58. The van der Waals surface area contributed by atoms with Gasteiger partial charge in [0, 0.05) is 65.5 Å². The summed E-state index contributed by atoms with van der Waals surface area (Å²) in [6.07, 6.45) is 0.495. The molecule has 1 saturated heterocycles. The van der Waals surface area contributed by atoms with Crippen molar-refractivity contribution >= 4 is 34.8 Å². The molecule has 0 radical (unpaired) electrons. The third-order valence-electron chi connectivity index (χ3n) is 8.76. The number of hydrogen-bond acceptors (Lipinski definition) is 10. The quantitative estimate of drug-likeness (QED) is 0.375. The molecule has 3 heterocycles. The van der Waals surface area contributed by atoms with Crippen molar-refractivity contribution in [3.63, 3.8) is 0 Å². The van der Waals surface area contributed by atoms with E-state index in [1.165, 1.54) is 21.1 Å². The number of Topliss-reactive ketones (excluding diaryl/α,β-unsaturated/α-hetero) is 5. The normalized spacial score (nSPS) is 29.4. The summed E-state index contributed by atoms with van der Waals surface area (Å²) in [6.45, 7) is 4.60. The molecule has 0 spiro atoms. The SMILES string of the molecule is COC1=C(C)C(=O)C2=C(C1=O)C1C3CC4=C(C(=O)C(OC)=C(C)C4=O)C(CNC(=O)C(C)=O)N3CC(C2)N1C. The molecule has 3 aliphatic heterocycles. The molecule has 1 amide bonds. The number of allylic oxidation sites excluding steroid dienone is 4. The number of amides is 1. The molecule has 4 atom stereocenters. The van der Waals surface area contributed by atoms with Gasteiger partial charge in [-0.15, -0.1) is 0 Å². The van der Waals surface area contributed by atoms with Crippen LogP contribution in [0, 0.1) is 0 Å². The lowest BCUT2D eigenvalue weighted by atomic mass is 9.69. The molecule has 0 aromatic carbocycles. The molecule has 39 heavy (non-hydrogen) atoms. The van der Waals surface area contributed by atoms with Crippen molar-refractivity contribution in [1.82, 2.24) is 15.1 Å². The lowest BCUT2D eigenvalue weighted by Crippen LogP contribution is -2.71. The van der Waals surface area contributed by atoms with E-state index < -0.39 is 35.6 Å². The van der Waals surface area contributed by atoms with E-state index in [-0.39, 0.29) is 64.6 Å². The summed E-state index contributed by atoms with van der Waals surface area (Å²) in [6, 6.07) is -1.93. The van der Waals surface area contributed by atoms with Crippen LogP contribution >= 0.6 is 0 Å². The smallest absolute Gasteiger partial charge is 0.287 e. The van der Waals surface area contributed by atoms with Crippen LogP contribution in [0.1, 0.15) is 33.6 Å². The van der Waals surface area contributed by atoms with Crippen molar-refractivity contribution in [3.05, 3.63) is 45.0 Å². The summed E-state index contributed by atoms with van der Waals surface area (Å²) in [5.74, 6) is -2.85. The summed E-state index contributed by atoms with van der Waals surface area (Å²) in [5.41, 5.74) is 1.83. The number of hydrogen-bond donors (Lipinski definition) is 1. The predicted octanol–water partition coefficient (Wildman–Crippen LogP) is -0.0416. The fourth-order valence-corrected chi connectivity index (χ4v) is 6.85. The van der Waals surface area contributed by atoms with Gasteiger partial charge in [-0.2, -0.15) is 0 Å². The maximum Gasteiger partial charge on any atom is 0.287 e. The lowest BCUT2D eigenvalue weighted by Gasteiger charge is -2.58. The third kappa shape index (κ3) is 3.78. The second-order valence-electron chi connectivity index (χ2n) is 10.6. The minimum atomic E-state index is -0.801. The fraction of sp³-hybridized carbons (Fsp3) is 0.500. The number of ketones is 5. The Labute approximate surface area is 225 Å². The van der Waals surface area contributed by atoms with Gasteiger partial charge in [0.2, 0.25) is 17.3 Å². The van der Waals surface area contributed by atoms with Gasteiger partial charge in [-0.3, -0.25) is 38.6 Å². The lowest BCUT2D eigenvalue weighted by molar-refractivity contribution is -0.137. The van der Waals surface area contributed by atoms with Crippen LogP contribution in [-0.2, 0) is 38.2 Å². The minimum absolute atomic E-state index is 0.0103. The Morgan fingerprint density at radius 3 is 1.95 bits per heavy atom. The first kappa shape index (κ1) is 26.9. The van der Waals surface area contributed by atoms with Crippen LogP contribution in [0.4, 0.5) is 0 Å². The van der Waals surface area contributed by atoms with E-state index in [0.717, 1.165) is 6.92 Å². The first-order valence-electron chi connectivity index (χ1n) is 12.9. The van der Waals surface area contributed by atoms with Gasteiger partial charge in [0.15, 0.2) is 23.1 Å². The monoisotopic (exact) mass is 537 g/mol. The number of rotatable bonds is 5. The molecule has 1 N–H and O–H groups in total. The van der Waals surface area contributed by atoms with E-state index in [1.54, 1.807) is 6.92 Å². The molecule has 4 unspecified atom stereocenters. The Hall–Kier alpha value is -3.70. The molecular formula is C28H31N3O8. The number of piperazine rings is 1. The first-order chi connectivity index (χ1) is 18.4. The third-order valence-corrected chi connectivity index (χ3v) is 8.76. The largest absolute Gasteiger partial charge is 0.492 e. The number of nitrogens with one attached hydrogen (secondary N) is 1. The van der Waals surface area contributed by atoms with Crippen molar-refractivity contribution < 1.29 is 38.2 Å². The number of nitrogens with zero attached hydrogens (tertiary/aromatic N) is 2. The van der Waals surface area contributed by atoms with Gasteiger partial charge in [0.25, 0.3) is 5.91 Å². The maximum atomic E-state index is 13.7. The van der Waals surface area contributed by atoms with E-state index in [1.807, 2.05) is 11.9 Å². The highest BCUT2D eigenvalue weighted by Gasteiger charge is 2.56. The number of fused-ring (bicyclic) bond motifs is 5. The molecule has 11 nitrogen and oxygen atoms in total. The van der Waals surface area contributed by atoms with Crippen molar-refractivity contribution in [1.29, 1.82) is 0 Å². The highest BCUT2D eigenvalue weighted by atomic mass is 16.5. The van der Waals surface area contributed by atoms with Gasteiger partial charge in [0.05, 0.1) is 26.3 Å². The number of carbonyl (C=O) groups excluding carboxylic acids is 6. The minimum Gasteiger partial charge on any atom is -0.492 e. The molecule has 5 rings (SSSR count). The van der Waals surface area contributed by atoms with Crippen LogP contribution < -0.4 is 5.32 Å². The molecule has 11 heteroatoms. The van der Waals surface area contributed by atoms with Gasteiger partial charge in [-0.1, -0.05) is 0 Å². The van der Waals surface area contributed by atoms with Gasteiger partial charge in [-0.05, 0) is 33.7 Å². The van der Waals surface area contributed by atoms with E-state index in [9.17, 15) is 28.8 Å². The van der Waals surface area contributed by atoms with Crippen LogP contribution in [0.2, 0.25) is 0 Å². The van der Waals surface area contributed by atoms with Crippen LogP contribution in [0.5, 0.6) is 0 Å². The van der Waals surface area contributed by atoms with Crippen LogP contribution in [0.3, 0.4) is 0 Å². The Balaban J connectivity index is 1.64. The molecule has 5 aliphatic rings. The molecule has 0 aromatic heterocycles. The van der Waals surface area contributed by atoms with Crippen molar-refractivity contribution in [2.24, 2.45) is 0 Å². The second kappa shape index (κ2) is 9.49. The average molecular weight is 538 g/mol. The van der Waals surface area contributed by atoms with E-state index >= 15 is 0 Å².